The zero-order valence-electron chi connectivity index (χ0n) is 13.9. The Labute approximate surface area is 130 Å². The molecule has 3 heteroatoms. The highest BCUT2D eigenvalue weighted by Gasteiger charge is 2.36. The SMILES string of the molecule is CCCC1CCN(CC2(CNC3CC3)CCOCC2)CC1. The number of likely N-dealkylation sites (tertiary alicyclic amines) is 1. The summed E-state index contributed by atoms with van der Waals surface area (Å²) in [7, 11) is 0. The van der Waals surface area contributed by atoms with E-state index < -0.39 is 0 Å². The third kappa shape index (κ3) is 4.67. The number of nitrogens with one attached hydrogen (secondary N) is 1. The van der Waals surface area contributed by atoms with Gasteiger partial charge in [-0.3, -0.25) is 0 Å². The van der Waals surface area contributed by atoms with Crippen molar-refractivity contribution in [3.05, 3.63) is 0 Å². The molecule has 3 fully saturated rings. The molecule has 2 heterocycles. The molecule has 0 bridgehead atoms. The lowest BCUT2D eigenvalue weighted by Gasteiger charge is -2.43. The van der Waals surface area contributed by atoms with Gasteiger partial charge in [0.1, 0.15) is 0 Å². The lowest BCUT2D eigenvalue weighted by Crippen LogP contribution is -2.49. The first-order chi connectivity index (χ1) is 10.3. The van der Waals surface area contributed by atoms with Crippen LogP contribution in [0.1, 0.15) is 58.3 Å². The van der Waals surface area contributed by atoms with E-state index in [0.717, 1.165) is 25.2 Å². The highest BCUT2D eigenvalue weighted by molar-refractivity contribution is 4.91. The van der Waals surface area contributed by atoms with Crippen molar-refractivity contribution in [2.45, 2.75) is 64.3 Å². The van der Waals surface area contributed by atoms with Crippen LogP contribution in [-0.2, 0) is 4.74 Å². The second-order valence-corrected chi connectivity index (χ2v) is 7.78. The summed E-state index contributed by atoms with van der Waals surface area (Å²) in [4.78, 5) is 2.76. The topological polar surface area (TPSA) is 24.5 Å². The fourth-order valence-electron chi connectivity index (χ4n) is 4.16. The van der Waals surface area contributed by atoms with Gasteiger partial charge in [0.25, 0.3) is 0 Å². The first-order valence-electron chi connectivity index (χ1n) is 9.33. The van der Waals surface area contributed by atoms with E-state index in [-0.39, 0.29) is 0 Å². The van der Waals surface area contributed by atoms with Crippen LogP contribution in [0.5, 0.6) is 0 Å². The number of hydrogen-bond acceptors (Lipinski definition) is 3. The molecule has 0 aromatic carbocycles. The van der Waals surface area contributed by atoms with Gasteiger partial charge in [-0.2, -0.15) is 0 Å². The fourth-order valence-corrected chi connectivity index (χ4v) is 4.16. The molecule has 0 spiro atoms. The minimum absolute atomic E-state index is 0.485. The summed E-state index contributed by atoms with van der Waals surface area (Å²) in [6.45, 7) is 9.45. The summed E-state index contributed by atoms with van der Waals surface area (Å²) in [6.07, 6.45) is 11.0. The van der Waals surface area contributed by atoms with Crippen LogP contribution in [0.3, 0.4) is 0 Å². The van der Waals surface area contributed by atoms with Gasteiger partial charge in [-0.15, -0.1) is 0 Å². The van der Waals surface area contributed by atoms with Gasteiger partial charge < -0.3 is 15.0 Å². The summed E-state index contributed by atoms with van der Waals surface area (Å²) in [5, 5.41) is 3.80. The van der Waals surface area contributed by atoms with Crippen LogP contribution < -0.4 is 5.32 Å². The van der Waals surface area contributed by atoms with Crippen molar-refractivity contribution in [1.82, 2.24) is 10.2 Å². The monoisotopic (exact) mass is 294 g/mol. The van der Waals surface area contributed by atoms with Gasteiger partial charge in [0.15, 0.2) is 0 Å². The van der Waals surface area contributed by atoms with Crippen molar-refractivity contribution in [1.29, 1.82) is 0 Å². The van der Waals surface area contributed by atoms with Crippen LogP contribution in [0.25, 0.3) is 0 Å². The number of rotatable bonds is 7. The van der Waals surface area contributed by atoms with Gasteiger partial charge in [0.05, 0.1) is 0 Å². The molecule has 0 aromatic rings. The number of nitrogens with zero attached hydrogens (tertiary/aromatic N) is 1. The Kier molecular flexibility index (Phi) is 5.58. The minimum Gasteiger partial charge on any atom is -0.381 e. The zero-order valence-corrected chi connectivity index (χ0v) is 13.9. The van der Waals surface area contributed by atoms with Crippen LogP contribution in [0.15, 0.2) is 0 Å². The van der Waals surface area contributed by atoms with E-state index in [0.29, 0.717) is 5.41 Å². The minimum atomic E-state index is 0.485. The van der Waals surface area contributed by atoms with Crippen LogP contribution in [0.4, 0.5) is 0 Å². The molecule has 3 aliphatic rings. The van der Waals surface area contributed by atoms with Gasteiger partial charge >= 0.3 is 0 Å². The molecule has 0 aromatic heterocycles. The Hall–Kier alpha value is -0.120. The lowest BCUT2D eigenvalue weighted by atomic mass is 9.78. The van der Waals surface area contributed by atoms with Crippen molar-refractivity contribution in [2.24, 2.45) is 11.3 Å². The molecular formula is C18H34N2O. The molecular weight excluding hydrogens is 260 g/mol. The molecule has 1 N–H and O–H groups in total. The molecule has 0 radical (unpaired) electrons. The Bertz CT molecular complexity index is 302. The molecule has 0 unspecified atom stereocenters. The predicted octanol–water partition coefficient (Wildman–Crippen LogP) is 3.05. The van der Waals surface area contributed by atoms with Gasteiger partial charge in [-0.25, -0.2) is 0 Å². The molecule has 2 aliphatic heterocycles. The highest BCUT2D eigenvalue weighted by Crippen LogP contribution is 2.34. The van der Waals surface area contributed by atoms with Gasteiger partial charge in [-0.05, 0) is 62.9 Å². The first-order valence-corrected chi connectivity index (χ1v) is 9.33. The third-order valence-electron chi connectivity index (χ3n) is 5.86. The van der Waals surface area contributed by atoms with Crippen molar-refractivity contribution < 1.29 is 4.74 Å². The Morgan fingerprint density at radius 3 is 2.43 bits per heavy atom. The molecule has 1 aliphatic carbocycles. The van der Waals surface area contributed by atoms with Crippen molar-refractivity contribution in [3.8, 4) is 0 Å². The number of piperidine rings is 1. The van der Waals surface area contributed by atoms with Crippen LogP contribution in [0, 0.1) is 11.3 Å². The Balaban J connectivity index is 1.49. The highest BCUT2D eigenvalue weighted by atomic mass is 16.5. The molecule has 21 heavy (non-hydrogen) atoms. The van der Waals surface area contributed by atoms with E-state index in [4.69, 9.17) is 4.74 Å². The van der Waals surface area contributed by atoms with E-state index in [9.17, 15) is 0 Å². The summed E-state index contributed by atoms with van der Waals surface area (Å²) in [5.41, 5.74) is 0.485. The Morgan fingerprint density at radius 2 is 1.81 bits per heavy atom. The number of ether oxygens (including phenoxy) is 1. The molecule has 3 rings (SSSR count). The summed E-state index contributed by atoms with van der Waals surface area (Å²) in [5.74, 6) is 1.00. The molecule has 2 saturated heterocycles. The van der Waals surface area contributed by atoms with Crippen molar-refractivity contribution >= 4 is 0 Å². The molecule has 3 nitrogen and oxygen atoms in total. The summed E-state index contributed by atoms with van der Waals surface area (Å²) in [6, 6.07) is 0.833. The van der Waals surface area contributed by atoms with E-state index in [1.165, 1.54) is 77.5 Å². The van der Waals surface area contributed by atoms with E-state index in [2.05, 4.69) is 17.1 Å². The van der Waals surface area contributed by atoms with Gasteiger partial charge in [0.2, 0.25) is 0 Å². The van der Waals surface area contributed by atoms with E-state index in [1.807, 2.05) is 0 Å². The van der Waals surface area contributed by atoms with Crippen LogP contribution in [-0.4, -0.2) is 50.3 Å². The largest absolute Gasteiger partial charge is 0.381 e. The van der Waals surface area contributed by atoms with Gasteiger partial charge in [-0.1, -0.05) is 19.8 Å². The second-order valence-electron chi connectivity index (χ2n) is 7.78. The molecule has 0 atom stereocenters. The van der Waals surface area contributed by atoms with Crippen LogP contribution >= 0.6 is 0 Å². The molecule has 1 saturated carbocycles. The van der Waals surface area contributed by atoms with E-state index in [1.54, 1.807) is 0 Å². The summed E-state index contributed by atoms with van der Waals surface area (Å²) < 4.78 is 5.64. The van der Waals surface area contributed by atoms with Crippen molar-refractivity contribution in [3.63, 3.8) is 0 Å². The predicted molar refractivity (Wildman–Crippen MR) is 87.6 cm³/mol. The average Bonchev–Trinajstić information content (AvgIpc) is 3.33. The Morgan fingerprint density at radius 1 is 1.10 bits per heavy atom. The van der Waals surface area contributed by atoms with E-state index >= 15 is 0 Å². The van der Waals surface area contributed by atoms with Crippen molar-refractivity contribution in [2.75, 3.05) is 39.4 Å². The zero-order chi connectivity index (χ0) is 14.5. The molecule has 122 valence electrons. The fraction of sp³-hybridized carbons (Fsp3) is 1.00. The molecule has 0 amide bonds. The van der Waals surface area contributed by atoms with Gasteiger partial charge in [0, 0.05) is 32.3 Å². The number of hydrogen-bond donors (Lipinski definition) is 1. The summed E-state index contributed by atoms with van der Waals surface area (Å²) >= 11 is 0. The lowest BCUT2D eigenvalue weighted by molar-refractivity contribution is -0.0100. The maximum Gasteiger partial charge on any atom is 0.0472 e. The normalized spacial score (nSPS) is 27.9. The standard InChI is InChI=1S/C18H34N2O/c1-2-3-16-6-10-20(11-7-16)15-18(8-12-21-13-9-18)14-19-17-4-5-17/h16-17,19H,2-15H2,1H3. The third-order valence-corrected chi connectivity index (χ3v) is 5.86. The van der Waals surface area contributed by atoms with Crippen LogP contribution in [0.2, 0.25) is 0 Å². The average molecular weight is 294 g/mol. The second kappa shape index (κ2) is 7.43. The quantitative estimate of drug-likeness (QED) is 0.781. The maximum absolute atomic E-state index is 5.64. The smallest absolute Gasteiger partial charge is 0.0472 e. The maximum atomic E-state index is 5.64. The first kappa shape index (κ1) is 15.8.